The van der Waals surface area contributed by atoms with Crippen LogP contribution >= 0.6 is 0 Å². The van der Waals surface area contributed by atoms with Crippen molar-refractivity contribution in [3.05, 3.63) is 35.1 Å². The molecule has 1 amide bonds. The highest BCUT2D eigenvalue weighted by Crippen LogP contribution is 2.42. The third-order valence-electron chi connectivity index (χ3n) is 4.09. The number of ether oxygens (including phenoxy) is 1. The number of carbonyl (C=O) groups is 1. The summed E-state index contributed by atoms with van der Waals surface area (Å²) in [6.07, 6.45) is 1.17. The summed E-state index contributed by atoms with van der Waals surface area (Å²) in [5, 5.41) is 2.87. The monoisotopic (exact) mass is 315 g/mol. The van der Waals surface area contributed by atoms with Gasteiger partial charge in [0.15, 0.2) is 17.5 Å². The third kappa shape index (κ3) is 3.61. The van der Waals surface area contributed by atoms with E-state index in [2.05, 4.69) is 5.32 Å². The number of hydrogen-bond donors (Lipinski definition) is 1. The van der Waals surface area contributed by atoms with Crippen LogP contribution in [-0.4, -0.2) is 25.7 Å². The summed E-state index contributed by atoms with van der Waals surface area (Å²) >= 11 is 0. The molecule has 2 atom stereocenters. The van der Waals surface area contributed by atoms with Crippen LogP contribution in [-0.2, 0) is 9.53 Å². The smallest absolute Gasteiger partial charge is 0.225 e. The number of benzene rings is 1. The fourth-order valence-corrected chi connectivity index (χ4v) is 2.35. The first kappa shape index (κ1) is 16.8. The molecule has 122 valence electrons. The van der Waals surface area contributed by atoms with Crippen LogP contribution in [0, 0.1) is 22.9 Å². The van der Waals surface area contributed by atoms with Gasteiger partial charge >= 0.3 is 0 Å². The Morgan fingerprint density at radius 3 is 2.45 bits per heavy atom. The van der Waals surface area contributed by atoms with Gasteiger partial charge in [0.2, 0.25) is 5.91 Å². The number of nitrogens with one attached hydrogen (secondary N) is 1. The summed E-state index contributed by atoms with van der Waals surface area (Å²) in [5.41, 5.74) is -0.209. The first-order chi connectivity index (χ1) is 10.3. The number of rotatable bonds is 6. The van der Waals surface area contributed by atoms with E-state index < -0.39 is 22.9 Å². The van der Waals surface area contributed by atoms with Gasteiger partial charge in [0.05, 0.1) is 0 Å². The molecule has 1 aliphatic rings. The Labute approximate surface area is 127 Å². The first-order valence-electron chi connectivity index (χ1n) is 7.20. The van der Waals surface area contributed by atoms with Gasteiger partial charge in [0.1, 0.15) is 0 Å². The quantitative estimate of drug-likeness (QED) is 0.819. The van der Waals surface area contributed by atoms with Crippen molar-refractivity contribution in [2.75, 3.05) is 13.7 Å². The predicted octanol–water partition coefficient (Wildman–Crippen LogP) is 3.14. The average Bonchev–Trinajstić information content (AvgIpc) is 3.21. The lowest BCUT2D eigenvalue weighted by Gasteiger charge is -2.23. The maximum absolute atomic E-state index is 13.2. The normalized spacial score (nSPS) is 20.8. The Kier molecular flexibility index (Phi) is 4.80. The maximum atomic E-state index is 13.2. The van der Waals surface area contributed by atoms with Crippen LogP contribution in [0.2, 0.25) is 0 Å². The minimum absolute atomic E-state index is 0.125. The summed E-state index contributed by atoms with van der Waals surface area (Å²) in [6.45, 7) is 4.11. The summed E-state index contributed by atoms with van der Waals surface area (Å²) in [5.74, 6) is -4.17. The van der Waals surface area contributed by atoms with Gasteiger partial charge in [-0.2, -0.15) is 0 Å². The van der Waals surface area contributed by atoms with E-state index in [-0.39, 0.29) is 17.9 Å². The molecule has 1 aromatic rings. The van der Waals surface area contributed by atoms with Gasteiger partial charge in [-0.25, -0.2) is 13.2 Å². The fraction of sp³-hybridized carbons (Fsp3) is 0.562. The van der Waals surface area contributed by atoms with E-state index in [9.17, 15) is 18.0 Å². The van der Waals surface area contributed by atoms with Crippen molar-refractivity contribution in [2.45, 2.75) is 38.6 Å². The third-order valence-corrected chi connectivity index (χ3v) is 4.09. The van der Waals surface area contributed by atoms with E-state index in [0.717, 1.165) is 12.1 Å². The van der Waals surface area contributed by atoms with E-state index in [1.165, 1.54) is 0 Å². The molecule has 2 rings (SSSR count). The fourth-order valence-electron chi connectivity index (χ4n) is 2.35. The van der Waals surface area contributed by atoms with Gasteiger partial charge in [-0.15, -0.1) is 0 Å². The Bertz CT molecular complexity index is 552. The second-order valence-corrected chi connectivity index (χ2v) is 6.35. The number of halogens is 3. The van der Waals surface area contributed by atoms with Crippen LogP contribution in [0.25, 0.3) is 0 Å². The van der Waals surface area contributed by atoms with Crippen LogP contribution in [0.4, 0.5) is 13.2 Å². The van der Waals surface area contributed by atoms with Crippen molar-refractivity contribution in [3.8, 4) is 0 Å². The number of amides is 1. The van der Waals surface area contributed by atoms with Gasteiger partial charge in [0, 0.05) is 31.1 Å². The molecule has 1 saturated carbocycles. The molecule has 0 bridgehead atoms. The predicted molar refractivity (Wildman–Crippen MR) is 75.9 cm³/mol. The lowest BCUT2D eigenvalue weighted by Crippen LogP contribution is -2.39. The van der Waals surface area contributed by atoms with Crippen LogP contribution < -0.4 is 5.32 Å². The highest BCUT2D eigenvalue weighted by atomic mass is 19.2. The summed E-state index contributed by atoms with van der Waals surface area (Å²) in [6, 6.07) is 1.81. The van der Waals surface area contributed by atoms with E-state index in [1.54, 1.807) is 7.11 Å². The van der Waals surface area contributed by atoms with Crippen molar-refractivity contribution in [1.82, 2.24) is 5.32 Å². The Morgan fingerprint density at radius 1 is 1.32 bits per heavy atom. The van der Waals surface area contributed by atoms with Gasteiger partial charge in [-0.3, -0.25) is 4.79 Å². The Morgan fingerprint density at radius 2 is 1.91 bits per heavy atom. The standard InChI is InChI=1S/C16H20F3NO2/c1-16(2,4-5-22-3)15(21)20-13-8-10(13)9-6-11(17)14(19)12(18)7-9/h6-7,10,13H,4-5,8H2,1-3H3,(H,20,21)/t10-,13+/m0/s1. The highest BCUT2D eigenvalue weighted by molar-refractivity contribution is 5.82. The average molecular weight is 315 g/mol. The summed E-state index contributed by atoms with van der Waals surface area (Å²) < 4.78 is 44.4. The van der Waals surface area contributed by atoms with E-state index in [4.69, 9.17) is 4.74 Å². The SMILES string of the molecule is COCCC(C)(C)C(=O)N[C@@H]1C[C@H]1c1cc(F)c(F)c(F)c1. The molecule has 1 fully saturated rings. The minimum atomic E-state index is -1.47. The van der Waals surface area contributed by atoms with Crippen LogP contribution in [0.1, 0.15) is 38.2 Å². The van der Waals surface area contributed by atoms with Gasteiger partial charge in [0.25, 0.3) is 0 Å². The molecule has 3 nitrogen and oxygen atoms in total. The Hall–Kier alpha value is -1.56. The molecule has 1 aromatic carbocycles. The second-order valence-electron chi connectivity index (χ2n) is 6.35. The molecule has 1 N–H and O–H groups in total. The summed E-state index contributed by atoms with van der Waals surface area (Å²) in [4.78, 5) is 12.2. The van der Waals surface area contributed by atoms with Crippen LogP contribution in [0.3, 0.4) is 0 Å². The zero-order chi connectivity index (χ0) is 16.5. The van der Waals surface area contributed by atoms with Crippen molar-refractivity contribution >= 4 is 5.91 Å². The van der Waals surface area contributed by atoms with Crippen molar-refractivity contribution in [1.29, 1.82) is 0 Å². The summed E-state index contributed by atoms with van der Waals surface area (Å²) in [7, 11) is 1.57. The van der Waals surface area contributed by atoms with E-state index in [0.29, 0.717) is 25.0 Å². The largest absolute Gasteiger partial charge is 0.385 e. The molecular weight excluding hydrogens is 295 g/mol. The van der Waals surface area contributed by atoms with E-state index in [1.807, 2.05) is 13.8 Å². The first-order valence-corrected chi connectivity index (χ1v) is 7.20. The molecule has 0 aliphatic heterocycles. The molecule has 1 aliphatic carbocycles. The van der Waals surface area contributed by atoms with Crippen LogP contribution in [0.15, 0.2) is 12.1 Å². The molecular formula is C16H20F3NO2. The zero-order valence-corrected chi connectivity index (χ0v) is 12.9. The van der Waals surface area contributed by atoms with E-state index >= 15 is 0 Å². The number of methoxy groups -OCH3 is 1. The molecule has 22 heavy (non-hydrogen) atoms. The number of carbonyl (C=O) groups excluding carboxylic acids is 1. The number of hydrogen-bond acceptors (Lipinski definition) is 2. The Balaban J connectivity index is 1.97. The van der Waals surface area contributed by atoms with Crippen molar-refractivity contribution in [2.24, 2.45) is 5.41 Å². The van der Waals surface area contributed by atoms with Crippen molar-refractivity contribution < 1.29 is 22.7 Å². The van der Waals surface area contributed by atoms with Crippen molar-refractivity contribution in [3.63, 3.8) is 0 Å². The molecule has 0 aromatic heterocycles. The second kappa shape index (κ2) is 6.28. The van der Waals surface area contributed by atoms with Gasteiger partial charge < -0.3 is 10.1 Å². The topological polar surface area (TPSA) is 38.3 Å². The van der Waals surface area contributed by atoms with Gasteiger partial charge in [-0.1, -0.05) is 13.8 Å². The molecule has 0 saturated heterocycles. The molecule has 0 spiro atoms. The molecule has 0 unspecified atom stereocenters. The maximum Gasteiger partial charge on any atom is 0.225 e. The molecule has 0 radical (unpaired) electrons. The lowest BCUT2D eigenvalue weighted by atomic mass is 9.88. The van der Waals surface area contributed by atoms with Crippen LogP contribution in [0.5, 0.6) is 0 Å². The molecule has 6 heteroatoms. The molecule has 0 heterocycles. The highest BCUT2D eigenvalue weighted by Gasteiger charge is 2.42. The lowest BCUT2D eigenvalue weighted by molar-refractivity contribution is -0.130. The minimum Gasteiger partial charge on any atom is -0.385 e. The zero-order valence-electron chi connectivity index (χ0n) is 12.9. The van der Waals surface area contributed by atoms with Gasteiger partial charge in [-0.05, 0) is 30.5 Å².